The Morgan fingerprint density at radius 2 is 2.07 bits per heavy atom. The Balaban J connectivity index is 1.72. The number of hydrogen-bond donors (Lipinski definition) is 2. The van der Waals surface area contributed by atoms with E-state index in [-0.39, 0.29) is 28.4 Å². The predicted molar refractivity (Wildman–Crippen MR) is 109 cm³/mol. The van der Waals surface area contributed by atoms with Crippen LogP contribution in [0.1, 0.15) is 60.5 Å². The van der Waals surface area contributed by atoms with Crippen LogP contribution in [0, 0.1) is 18.2 Å². The number of nitrogens with zero attached hydrogens (tertiary/aromatic N) is 2. The smallest absolute Gasteiger partial charge is 0.341 e. The molecule has 3 fully saturated rings. The molecule has 1 saturated heterocycles. The zero-order valence-electron chi connectivity index (χ0n) is 16.6. The average molecular weight is 399 g/mol. The number of rotatable bonds is 3. The van der Waals surface area contributed by atoms with Crippen LogP contribution in [0.4, 0.5) is 10.1 Å². The van der Waals surface area contributed by atoms with Crippen LogP contribution in [-0.4, -0.2) is 34.8 Å². The second kappa shape index (κ2) is 6.29. The minimum Gasteiger partial charge on any atom is -0.477 e. The summed E-state index contributed by atoms with van der Waals surface area (Å²) < 4.78 is 17.2. The molecule has 154 valence electrons. The molecule has 1 aromatic carbocycles. The van der Waals surface area contributed by atoms with Gasteiger partial charge in [-0.25, -0.2) is 9.18 Å². The summed E-state index contributed by atoms with van der Waals surface area (Å²) in [5, 5.41) is 9.59. The van der Waals surface area contributed by atoms with E-state index in [0.717, 1.165) is 38.6 Å². The SMILES string of the molecule is Cc1c(N2CC(N)CC3(CCC3)C2)c(F)cc2c(=O)c(C(=O)O)cn(C3CC3)c12. The first-order valence-corrected chi connectivity index (χ1v) is 10.4. The number of nitrogens with two attached hydrogens (primary N) is 1. The number of piperidine rings is 1. The lowest BCUT2D eigenvalue weighted by atomic mass is 9.63. The van der Waals surface area contributed by atoms with Crippen molar-refractivity contribution in [2.45, 2.75) is 57.5 Å². The Labute approximate surface area is 168 Å². The van der Waals surface area contributed by atoms with E-state index in [9.17, 15) is 14.7 Å². The van der Waals surface area contributed by atoms with Gasteiger partial charge < -0.3 is 20.3 Å². The summed E-state index contributed by atoms with van der Waals surface area (Å²) in [6.45, 7) is 3.21. The fourth-order valence-electron chi connectivity index (χ4n) is 5.50. The highest BCUT2D eigenvalue weighted by atomic mass is 19.1. The Kier molecular flexibility index (Phi) is 4.04. The van der Waals surface area contributed by atoms with Gasteiger partial charge in [-0.1, -0.05) is 6.42 Å². The average Bonchev–Trinajstić information content (AvgIpc) is 3.45. The summed E-state index contributed by atoms with van der Waals surface area (Å²) in [4.78, 5) is 26.4. The molecule has 0 amide bonds. The lowest BCUT2D eigenvalue weighted by Crippen LogP contribution is -2.55. The van der Waals surface area contributed by atoms with E-state index in [4.69, 9.17) is 5.73 Å². The van der Waals surface area contributed by atoms with Gasteiger partial charge in [-0.2, -0.15) is 0 Å². The van der Waals surface area contributed by atoms with Gasteiger partial charge in [-0.05, 0) is 56.1 Å². The molecule has 6 nitrogen and oxygen atoms in total. The van der Waals surface area contributed by atoms with Crippen LogP contribution in [0.2, 0.25) is 0 Å². The first kappa shape index (κ1) is 18.6. The van der Waals surface area contributed by atoms with Crippen LogP contribution in [-0.2, 0) is 0 Å². The third kappa shape index (κ3) is 2.86. The Bertz CT molecular complexity index is 1090. The molecule has 7 heteroatoms. The number of aryl methyl sites for hydroxylation is 1. The lowest BCUT2D eigenvalue weighted by Gasteiger charge is -2.52. The zero-order valence-corrected chi connectivity index (χ0v) is 16.6. The van der Waals surface area contributed by atoms with Crippen LogP contribution >= 0.6 is 0 Å². The molecule has 2 aliphatic carbocycles. The highest BCUT2D eigenvalue weighted by Gasteiger charge is 2.44. The number of carbonyl (C=O) groups is 1. The van der Waals surface area contributed by atoms with Crippen LogP contribution in [0.15, 0.2) is 17.1 Å². The number of carboxylic acids is 1. The third-order valence-corrected chi connectivity index (χ3v) is 7.06. The fourth-order valence-corrected chi connectivity index (χ4v) is 5.50. The molecular formula is C22H26FN3O3. The molecule has 2 saturated carbocycles. The van der Waals surface area contributed by atoms with Crippen LogP contribution in [0.5, 0.6) is 0 Å². The summed E-state index contributed by atoms with van der Waals surface area (Å²) in [5.74, 6) is -1.75. The van der Waals surface area contributed by atoms with Crippen LogP contribution in [0.25, 0.3) is 10.9 Å². The molecule has 5 rings (SSSR count). The molecule has 29 heavy (non-hydrogen) atoms. The standard InChI is InChI=1S/C22H26FN3O3/c1-12-18-15(20(27)16(21(28)29)10-26(18)14-3-4-14)7-17(23)19(12)25-9-13(24)8-22(11-25)5-2-6-22/h7,10,13-14H,2-6,8-9,11,24H2,1H3,(H,28,29). The summed E-state index contributed by atoms with van der Waals surface area (Å²) >= 11 is 0. The number of aromatic carboxylic acids is 1. The van der Waals surface area contributed by atoms with Gasteiger partial charge in [0.1, 0.15) is 11.4 Å². The molecule has 2 aromatic rings. The van der Waals surface area contributed by atoms with Gasteiger partial charge in [0.25, 0.3) is 0 Å². The minimum atomic E-state index is -1.28. The fraction of sp³-hybridized carbons (Fsp3) is 0.545. The molecule has 1 spiro atoms. The number of aromatic nitrogens is 1. The largest absolute Gasteiger partial charge is 0.477 e. The number of hydrogen-bond acceptors (Lipinski definition) is 4. The molecule has 3 N–H and O–H groups in total. The van der Waals surface area contributed by atoms with Crippen molar-refractivity contribution >= 4 is 22.6 Å². The highest BCUT2D eigenvalue weighted by Crippen LogP contribution is 2.49. The van der Waals surface area contributed by atoms with Crippen LogP contribution < -0.4 is 16.1 Å². The Hall–Kier alpha value is -2.41. The van der Waals surface area contributed by atoms with Crippen molar-refractivity contribution in [2.75, 3.05) is 18.0 Å². The molecule has 0 bridgehead atoms. The van der Waals surface area contributed by atoms with Crippen molar-refractivity contribution in [3.05, 3.63) is 39.4 Å². The molecule has 2 heterocycles. The maximum absolute atomic E-state index is 15.3. The van der Waals surface area contributed by atoms with E-state index in [2.05, 4.69) is 4.90 Å². The third-order valence-electron chi connectivity index (χ3n) is 7.06. The van der Waals surface area contributed by atoms with Gasteiger partial charge in [0.2, 0.25) is 5.43 Å². The molecule has 3 aliphatic rings. The minimum absolute atomic E-state index is 0.00133. The molecule has 1 aromatic heterocycles. The summed E-state index contributed by atoms with van der Waals surface area (Å²) in [6.07, 6.45) is 7.72. The van der Waals surface area contributed by atoms with Gasteiger partial charge in [0.05, 0.1) is 11.2 Å². The van der Waals surface area contributed by atoms with E-state index in [1.807, 2.05) is 11.5 Å². The number of halogens is 1. The number of fused-ring (bicyclic) bond motifs is 1. The Morgan fingerprint density at radius 3 is 2.66 bits per heavy atom. The zero-order chi connectivity index (χ0) is 20.5. The van der Waals surface area contributed by atoms with Gasteiger partial charge in [0, 0.05) is 36.8 Å². The first-order valence-electron chi connectivity index (χ1n) is 10.4. The van der Waals surface area contributed by atoms with Crippen molar-refractivity contribution in [1.82, 2.24) is 4.57 Å². The first-order chi connectivity index (χ1) is 13.8. The van der Waals surface area contributed by atoms with E-state index in [1.54, 1.807) is 0 Å². The second-order valence-electron chi connectivity index (χ2n) is 9.24. The van der Waals surface area contributed by atoms with Gasteiger partial charge in [-0.15, -0.1) is 0 Å². The molecule has 1 unspecified atom stereocenters. The van der Waals surface area contributed by atoms with Crippen molar-refractivity contribution in [3.63, 3.8) is 0 Å². The summed E-state index contributed by atoms with van der Waals surface area (Å²) in [5.41, 5.74) is 7.46. The van der Waals surface area contributed by atoms with Crippen LogP contribution in [0.3, 0.4) is 0 Å². The number of benzene rings is 1. The lowest BCUT2D eigenvalue weighted by molar-refractivity contribution is 0.0694. The monoisotopic (exact) mass is 399 g/mol. The maximum Gasteiger partial charge on any atom is 0.341 e. The maximum atomic E-state index is 15.3. The predicted octanol–water partition coefficient (Wildman–Crippen LogP) is 3.19. The number of anilines is 1. The van der Waals surface area contributed by atoms with E-state index in [0.29, 0.717) is 23.3 Å². The van der Waals surface area contributed by atoms with Crippen molar-refractivity contribution < 1.29 is 14.3 Å². The number of pyridine rings is 1. The van der Waals surface area contributed by atoms with Gasteiger partial charge in [-0.3, -0.25) is 4.79 Å². The van der Waals surface area contributed by atoms with E-state index in [1.165, 1.54) is 18.7 Å². The van der Waals surface area contributed by atoms with Crippen molar-refractivity contribution in [3.8, 4) is 0 Å². The van der Waals surface area contributed by atoms with E-state index >= 15 is 4.39 Å². The molecular weight excluding hydrogens is 373 g/mol. The van der Waals surface area contributed by atoms with E-state index < -0.39 is 17.2 Å². The number of carboxylic acid groups (broad SMARTS) is 1. The van der Waals surface area contributed by atoms with Gasteiger partial charge >= 0.3 is 5.97 Å². The second-order valence-corrected chi connectivity index (χ2v) is 9.24. The Morgan fingerprint density at radius 1 is 1.34 bits per heavy atom. The quantitative estimate of drug-likeness (QED) is 0.828. The van der Waals surface area contributed by atoms with Crippen molar-refractivity contribution in [2.24, 2.45) is 11.1 Å². The molecule has 1 aliphatic heterocycles. The topological polar surface area (TPSA) is 88.6 Å². The molecule has 1 atom stereocenters. The molecule has 0 radical (unpaired) electrons. The summed E-state index contributed by atoms with van der Waals surface area (Å²) in [6, 6.07) is 1.40. The van der Waals surface area contributed by atoms with Crippen molar-refractivity contribution in [1.29, 1.82) is 0 Å². The normalized spacial score (nSPS) is 23.4. The van der Waals surface area contributed by atoms with Gasteiger partial charge in [0.15, 0.2) is 0 Å². The summed E-state index contributed by atoms with van der Waals surface area (Å²) in [7, 11) is 0. The highest BCUT2D eigenvalue weighted by molar-refractivity contribution is 5.95.